The zero-order valence-electron chi connectivity index (χ0n) is 15.8. The van der Waals surface area contributed by atoms with Crippen LogP contribution in [-0.2, 0) is 4.79 Å². The summed E-state index contributed by atoms with van der Waals surface area (Å²) < 4.78 is 0. The first-order valence-electron chi connectivity index (χ1n) is 9.53. The number of fused-ring (bicyclic) bond motifs is 1. The van der Waals surface area contributed by atoms with Crippen molar-refractivity contribution in [1.82, 2.24) is 20.2 Å². The summed E-state index contributed by atoms with van der Waals surface area (Å²) in [5.74, 6) is 1.53. The molecule has 1 atom stereocenters. The summed E-state index contributed by atoms with van der Waals surface area (Å²) in [6.45, 7) is 10.9. The van der Waals surface area contributed by atoms with Crippen LogP contribution < -0.4 is 10.2 Å². The molecule has 2 fully saturated rings. The van der Waals surface area contributed by atoms with Crippen LogP contribution in [-0.4, -0.2) is 59.5 Å². The van der Waals surface area contributed by atoms with Gasteiger partial charge in [-0.3, -0.25) is 4.79 Å². The number of nitrogens with zero attached hydrogens (tertiary/aromatic N) is 4. The SMILES string of the molecule is Cc1sc2ncnc(N3CCC(C(=O)N4CCNC[C@@H]4C)CC3)c2c1C. The lowest BCUT2D eigenvalue weighted by Gasteiger charge is -2.39. The van der Waals surface area contributed by atoms with Gasteiger partial charge in [-0.05, 0) is 39.2 Å². The van der Waals surface area contributed by atoms with Gasteiger partial charge in [-0.1, -0.05) is 0 Å². The van der Waals surface area contributed by atoms with Gasteiger partial charge in [-0.25, -0.2) is 9.97 Å². The number of hydrogen-bond donors (Lipinski definition) is 1. The number of aromatic nitrogens is 2. The Morgan fingerprint density at radius 1 is 1.23 bits per heavy atom. The van der Waals surface area contributed by atoms with Crippen LogP contribution in [0.2, 0.25) is 0 Å². The number of piperidine rings is 1. The standard InChI is InChI=1S/C19H27N5OS/c1-12-10-20-6-9-24(12)19(25)15-4-7-23(8-5-15)17-16-13(2)14(3)26-18(16)22-11-21-17/h11-12,15,20H,4-10H2,1-3H3/t12-/m0/s1. The minimum Gasteiger partial charge on any atom is -0.356 e. The van der Waals surface area contributed by atoms with Gasteiger partial charge >= 0.3 is 0 Å². The smallest absolute Gasteiger partial charge is 0.226 e. The number of carbonyl (C=O) groups excluding carboxylic acids is 1. The number of aryl methyl sites for hydroxylation is 2. The van der Waals surface area contributed by atoms with Gasteiger partial charge in [0.25, 0.3) is 0 Å². The Bertz CT molecular complexity index is 812. The van der Waals surface area contributed by atoms with Crippen LogP contribution >= 0.6 is 11.3 Å². The van der Waals surface area contributed by atoms with Gasteiger partial charge in [-0.15, -0.1) is 11.3 Å². The number of thiophene rings is 1. The first kappa shape index (κ1) is 17.7. The Hall–Kier alpha value is -1.73. The van der Waals surface area contributed by atoms with Crippen LogP contribution in [0.15, 0.2) is 6.33 Å². The van der Waals surface area contributed by atoms with E-state index in [1.54, 1.807) is 17.7 Å². The lowest BCUT2D eigenvalue weighted by molar-refractivity contribution is -0.139. The fraction of sp³-hybridized carbons (Fsp3) is 0.632. The highest BCUT2D eigenvalue weighted by Gasteiger charge is 2.32. The minimum atomic E-state index is 0.148. The molecule has 0 radical (unpaired) electrons. The zero-order valence-corrected chi connectivity index (χ0v) is 16.6. The summed E-state index contributed by atoms with van der Waals surface area (Å²) in [5.41, 5.74) is 1.29. The second kappa shape index (κ2) is 7.12. The normalized spacial score (nSPS) is 22.2. The van der Waals surface area contributed by atoms with Crippen molar-refractivity contribution in [2.75, 3.05) is 37.6 Å². The van der Waals surface area contributed by atoms with E-state index in [9.17, 15) is 4.79 Å². The lowest BCUT2D eigenvalue weighted by Crippen LogP contribution is -2.54. The summed E-state index contributed by atoms with van der Waals surface area (Å²) in [6, 6.07) is 0.298. The monoisotopic (exact) mass is 373 g/mol. The van der Waals surface area contributed by atoms with E-state index in [-0.39, 0.29) is 5.92 Å². The third kappa shape index (κ3) is 3.07. The largest absolute Gasteiger partial charge is 0.356 e. The number of hydrogen-bond acceptors (Lipinski definition) is 6. The second-order valence-corrected chi connectivity index (χ2v) is 8.71. The average Bonchev–Trinajstić information content (AvgIpc) is 2.96. The van der Waals surface area contributed by atoms with Crippen molar-refractivity contribution in [1.29, 1.82) is 0 Å². The maximum absolute atomic E-state index is 12.9. The summed E-state index contributed by atoms with van der Waals surface area (Å²) in [7, 11) is 0. The van der Waals surface area contributed by atoms with Crippen molar-refractivity contribution in [3.05, 3.63) is 16.8 Å². The van der Waals surface area contributed by atoms with Gasteiger partial charge in [0.2, 0.25) is 5.91 Å². The summed E-state index contributed by atoms with van der Waals surface area (Å²) in [5, 5.41) is 4.55. The quantitative estimate of drug-likeness (QED) is 0.876. The third-order valence-corrected chi connectivity index (χ3v) is 6.99. The van der Waals surface area contributed by atoms with E-state index in [1.165, 1.54) is 15.8 Å². The molecule has 0 saturated carbocycles. The van der Waals surface area contributed by atoms with Crippen LogP contribution in [0.3, 0.4) is 0 Å². The first-order valence-corrected chi connectivity index (χ1v) is 10.3. The summed E-state index contributed by atoms with van der Waals surface area (Å²) in [4.78, 5) is 28.8. The van der Waals surface area contributed by atoms with Gasteiger partial charge in [0.05, 0.1) is 5.39 Å². The van der Waals surface area contributed by atoms with E-state index in [2.05, 4.69) is 45.9 Å². The topological polar surface area (TPSA) is 61.4 Å². The van der Waals surface area contributed by atoms with Crippen LogP contribution in [0.4, 0.5) is 5.82 Å². The number of anilines is 1. The molecule has 4 rings (SSSR count). The molecule has 140 valence electrons. The van der Waals surface area contributed by atoms with Crippen LogP contribution in [0, 0.1) is 19.8 Å². The third-order valence-electron chi connectivity index (χ3n) is 5.87. The Labute approximate surface area is 158 Å². The van der Waals surface area contributed by atoms with E-state index >= 15 is 0 Å². The van der Waals surface area contributed by atoms with Gasteiger partial charge < -0.3 is 15.1 Å². The molecule has 2 aliphatic rings. The van der Waals surface area contributed by atoms with E-state index in [0.29, 0.717) is 11.9 Å². The molecule has 1 N–H and O–H groups in total. The Balaban J connectivity index is 1.48. The number of carbonyl (C=O) groups is 1. The van der Waals surface area contributed by atoms with Crippen molar-refractivity contribution in [3.8, 4) is 0 Å². The van der Waals surface area contributed by atoms with Crippen molar-refractivity contribution in [2.45, 2.75) is 39.7 Å². The fourth-order valence-electron chi connectivity index (χ4n) is 4.14. The molecule has 4 heterocycles. The highest BCUT2D eigenvalue weighted by molar-refractivity contribution is 7.18. The van der Waals surface area contributed by atoms with Gasteiger partial charge in [-0.2, -0.15) is 0 Å². The molecule has 2 saturated heterocycles. The zero-order chi connectivity index (χ0) is 18.3. The predicted molar refractivity (Wildman–Crippen MR) is 106 cm³/mol. The highest BCUT2D eigenvalue weighted by atomic mass is 32.1. The van der Waals surface area contributed by atoms with E-state index in [0.717, 1.165) is 56.2 Å². The molecule has 7 heteroatoms. The molecule has 2 aromatic rings. The van der Waals surface area contributed by atoms with Crippen molar-refractivity contribution in [2.24, 2.45) is 5.92 Å². The molecule has 0 aromatic carbocycles. The van der Waals surface area contributed by atoms with Gasteiger partial charge in [0.15, 0.2) is 0 Å². The fourth-order valence-corrected chi connectivity index (χ4v) is 5.14. The second-order valence-electron chi connectivity index (χ2n) is 7.51. The van der Waals surface area contributed by atoms with E-state index in [1.807, 2.05) is 0 Å². The summed E-state index contributed by atoms with van der Waals surface area (Å²) in [6.07, 6.45) is 3.49. The molecule has 2 aliphatic heterocycles. The molecule has 0 bridgehead atoms. The number of rotatable bonds is 2. The van der Waals surface area contributed by atoms with Crippen LogP contribution in [0.1, 0.15) is 30.2 Å². The lowest BCUT2D eigenvalue weighted by atomic mass is 9.94. The molecular weight excluding hydrogens is 346 g/mol. The molecule has 2 aromatic heterocycles. The van der Waals surface area contributed by atoms with Gasteiger partial charge in [0, 0.05) is 49.6 Å². The van der Waals surface area contributed by atoms with Crippen molar-refractivity contribution in [3.63, 3.8) is 0 Å². The minimum absolute atomic E-state index is 0.148. The Morgan fingerprint density at radius 3 is 2.73 bits per heavy atom. The van der Waals surface area contributed by atoms with E-state index in [4.69, 9.17) is 0 Å². The number of amides is 1. The molecule has 1 amide bonds. The highest BCUT2D eigenvalue weighted by Crippen LogP contribution is 2.35. The van der Waals surface area contributed by atoms with Crippen molar-refractivity contribution >= 4 is 33.3 Å². The number of nitrogens with one attached hydrogen (secondary N) is 1. The van der Waals surface area contributed by atoms with Crippen LogP contribution in [0.25, 0.3) is 10.2 Å². The predicted octanol–water partition coefficient (Wildman–Crippen LogP) is 2.34. The molecule has 6 nitrogen and oxygen atoms in total. The Kier molecular flexibility index (Phi) is 4.84. The van der Waals surface area contributed by atoms with Gasteiger partial charge in [0.1, 0.15) is 17.0 Å². The molecule has 0 spiro atoms. The summed E-state index contributed by atoms with van der Waals surface area (Å²) >= 11 is 1.74. The first-order chi connectivity index (χ1) is 12.6. The maximum Gasteiger partial charge on any atom is 0.226 e. The Morgan fingerprint density at radius 2 is 2.00 bits per heavy atom. The number of piperazine rings is 1. The molecule has 0 aliphatic carbocycles. The molecular formula is C19H27N5OS. The van der Waals surface area contributed by atoms with E-state index < -0.39 is 0 Å². The van der Waals surface area contributed by atoms with Crippen molar-refractivity contribution < 1.29 is 4.79 Å². The molecule has 26 heavy (non-hydrogen) atoms. The molecule has 0 unspecified atom stereocenters. The average molecular weight is 374 g/mol. The maximum atomic E-state index is 12.9. The van der Waals surface area contributed by atoms with Crippen LogP contribution in [0.5, 0.6) is 0 Å².